The first-order chi connectivity index (χ1) is 9.47. The lowest BCUT2D eigenvalue weighted by Crippen LogP contribution is -2.21. The summed E-state index contributed by atoms with van der Waals surface area (Å²) in [4.78, 5) is 0.735. The van der Waals surface area contributed by atoms with Crippen molar-refractivity contribution < 1.29 is 8.78 Å². The molecule has 0 fully saturated rings. The van der Waals surface area contributed by atoms with Gasteiger partial charge >= 0.3 is 0 Å². The first-order valence-corrected chi connectivity index (χ1v) is 7.66. The Morgan fingerprint density at radius 1 is 1.30 bits per heavy atom. The largest absolute Gasteiger partial charge is 0.308 e. The minimum atomic E-state index is -0.607. The van der Waals surface area contributed by atoms with E-state index in [0.717, 1.165) is 22.1 Å². The predicted octanol–water partition coefficient (Wildman–Crippen LogP) is 4.01. The Hall–Kier alpha value is -0.920. The maximum Gasteiger partial charge on any atom is 0.145 e. The molecule has 2 rings (SSSR count). The highest BCUT2D eigenvalue weighted by Gasteiger charge is 2.27. The van der Waals surface area contributed by atoms with Gasteiger partial charge in [0.15, 0.2) is 0 Å². The van der Waals surface area contributed by atoms with Crippen molar-refractivity contribution in [2.24, 2.45) is 0 Å². The van der Waals surface area contributed by atoms with Gasteiger partial charge in [0.1, 0.15) is 11.6 Å². The third-order valence-electron chi connectivity index (χ3n) is 3.01. The Kier molecular flexibility index (Phi) is 4.82. The molecule has 1 aromatic heterocycles. The zero-order chi connectivity index (χ0) is 14.9. The third kappa shape index (κ3) is 2.75. The highest BCUT2D eigenvalue weighted by molar-refractivity contribution is 9.10. The molecule has 1 unspecified atom stereocenters. The van der Waals surface area contributed by atoms with Crippen LogP contribution in [-0.4, -0.2) is 16.6 Å². The summed E-state index contributed by atoms with van der Waals surface area (Å²) in [5.41, 5.74) is 0.739. The summed E-state index contributed by atoms with van der Waals surface area (Å²) in [6.45, 7) is 3.95. The lowest BCUT2D eigenvalue weighted by atomic mass is 9.99. The van der Waals surface area contributed by atoms with Gasteiger partial charge in [-0.1, -0.05) is 18.3 Å². The van der Waals surface area contributed by atoms with E-state index < -0.39 is 17.7 Å². The van der Waals surface area contributed by atoms with Crippen LogP contribution in [0, 0.1) is 11.6 Å². The van der Waals surface area contributed by atoms with E-state index in [-0.39, 0.29) is 16.0 Å². The molecule has 0 spiro atoms. The molecular weight excluding hydrogens is 348 g/mol. The Balaban J connectivity index is 2.59. The van der Waals surface area contributed by atoms with Gasteiger partial charge < -0.3 is 5.32 Å². The summed E-state index contributed by atoms with van der Waals surface area (Å²) in [5.74, 6) is -1.06. The van der Waals surface area contributed by atoms with E-state index in [2.05, 4.69) is 30.8 Å². The van der Waals surface area contributed by atoms with Crippen molar-refractivity contribution in [3.8, 4) is 0 Å². The van der Waals surface area contributed by atoms with Crippen LogP contribution in [0.25, 0.3) is 0 Å². The lowest BCUT2D eigenvalue weighted by Gasteiger charge is -2.18. The first kappa shape index (κ1) is 15.5. The van der Waals surface area contributed by atoms with Crippen molar-refractivity contribution in [2.45, 2.75) is 25.8 Å². The maximum absolute atomic E-state index is 14.3. The quantitative estimate of drug-likeness (QED) is 0.836. The maximum atomic E-state index is 14.3. The molecule has 0 radical (unpaired) electrons. The van der Waals surface area contributed by atoms with Crippen LogP contribution in [0.5, 0.6) is 0 Å². The number of hydrogen-bond acceptors (Lipinski definition) is 4. The van der Waals surface area contributed by atoms with E-state index in [1.807, 2.05) is 13.8 Å². The number of aromatic nitrogens is 2. The number of nitrogens with zero attached hydrogens (tertiary/aromatic N) is 2. The first-order valence-electron chi connectivity index (χ1n) is 6.10. The molecule has 1 heterocycles. The van der Waals surface area contributed by atoms with Crippen LogP contribution in [0.2, 0.25) is 0 Å². The monoisotopic (exact) mass is 361 g/mol. The standard InChI is InChI=1S/C13H14BrF2N3S/c1-6(2)11-13(20-19-18-11)12(17-3)9-8(15)5-4-7(14)10(9)16/h4-6,12,17H,1-3H3. The fraction of sp³-hybridized carbons (Fsp3) is 0.385. The van der Waals surface area contributed by atoms with E-state index in [0.29, 0.717) is 0 Å². The second-order valence-electron chi connectivity index (χ2n) is 4.66. The summed E-state index contributed by atoms with van der Waals surface area (Å²) in [7, 11) is 1.66. The van der Waals surface area contributed by atoms with Crippen molar-refractivity contribution in [1.82, 2.24) is 14.9 Å². The fourth-order valence-corrected chi connectivity index (χ4v) is 3.29. The Morgan fingerprint density at radius 2 is 2.00 bits per heavy atom. The SMILES string of the molecule is CNC(c1snnc1C(C)C)c1c(F)ccc(Br)c1F. The van der Waals surface area contributed by atoms with Gasteiger partial charge in [-0.05, 0) is 52.6 Å². The van der Waals surface area contributed by atoms with Gasteiger partial charge in [0.2, 0.25) is 0 Å². The highest BCUT2D eigenvalue weighted by atomic mass is 79.9. The van der Waals surface area contributed by atoms with Crippen molar-refractivity contribution in [1.29, 1.82) is 0 Å². The second-order valence-corrected chi connectivity index (χ2v) is 6.30. The van der Waals surface area contributed by atoms with E-state index >= 15 is 0 Å². The molecule has 0 amide bonds. The number of rotatable bonds is 4. The van der Waals surface area contributed by atoms with E-state index in [9.17, 15) is 8.78 Å². The molecule has 1 atom stereocenters. The molecule has 0 saturated carbocycles. The van der Waals surface area contributed by atoms with Crippen molar-refractivity contribution in [3.05, 3.63) is 44.4 Å². The number of benzene rings is 1. The van der Waals surface area contributed by atoms with Crippen LogP contribution in [-0.2, 0) is 0 Å². The summed E-state index contributed by atoms with van der Waals surface area (Å²) < 4.78 is 32.5. The van der Waals surface area contributed by atoms with Crippen molar-refractivity contribution in [3.63, 3.8) is 0 Å². The molecule has 3 nitrogen and oxygen atoms in total. The van der Waals surface area contributed by atoms with Gasteiger partial charge in [0, 0.05) is 5.56 Å². The van der Waals surface area contributed by atoms with Crippen LogP contribution in [0.1, 0.15) is 41.9 Å². The van der Waals surface area contributed by atoms with E-state index in [4.69, 9.17) is 0 Å². The van der Waals surface area contributed by atoms with E-state index in [1.165, 1.54) is 12.1 Å². The Morgan fingerprint density at radius 3 is 2.60 bits per heavy atom. The van der Waals surface area contributed by atoms with Crippen LogP contribution < -0.4 is 5.32 Å². The molecule has 0 saturated heterocycles. The molecule has 0 bridgehead atoms. The van der Waals surface area contributed by atoms with Crippen molar-refractivity contribution in [2.75, 3.05) is 7.05 Å². The van der Waals surface area contributed by atoms with Crippen molar-refractivity contribution >= 4 is 27.5 Å². The minimum absolute atomic E-state index is 0.0187. The summed E-state index contributed by atoms with van der Waals surface area (Å²) in [6, 6.07) is 2.00. The van der Waals surface area contributed by atoms with Gasteiger partial charge in [0.05, 0.1) is 21.1 Å². The topological polar surface area (TPSA) is 37.8 Å². The lowest BCUT2D eigenvalue weighted by molar-refractivity contribution is 0.518. The molecule has 108 valence electrons. The molecular formula is C13H14BrF2N3S. The zero-order valence-electron chi connectivity index (χ0n) is 11.2. The molecule has 20 heavy (non-hydrogen) atoms. The van der Waals surface area contributed by atoms with E-state index in [1.54, 1.807) is 7.05 Å². The number of halogens is 3. The zero-order valence-corrected chi connectivity index (χ0v) is 13.6. The molecule has 1 N–H and O–H groups in total. The van der Waals surface area contributed by atoms with Gasteiger partial charge in [-0.15, -0.1) is 5.10 Å². The van der Waals surface area contributed by atoms with Gasteiger partial charge in [0.25, 0.3) is 0 Å². The molecule has 0 aliphatic rings. The highest BCUT2D eigenvalue weighted by Crippen LogP contribution is 2.35. The smallest absolute Gasteiger partial charge is 0.145 e. The van der Waals surface area contributed by atoms with Crippen LogP contribution in [0.4, 0.5) is 8.78 Å². The summed E-state index contributed by atoms with van der Waals surface area (Å²) >= 11 is 4.25. The molecule has 0 aliphatic carbocycles. The predicted molar refractivity (Wildman–Crippen MR) is 79.0 cm³/mol. The van der Waals surface area contributed by atoms with Gasteiger partial charge in [-0.25, -0.2) is 8.78 Å². The minimum Gasteiger partial charge on any atom is -0.308 e. The summed E-state index contributed by atoms with van der Waals surface area (Å²) in [5, 5.41) is 7.02. The molecule has 0 aliphatic heterocycles. The number of hydrogen-bond donors (Lipinski definition) is 1. The number of nitrogens with one attached hydrogen (secondary N) is 1. The fourth-order valence-electron chi connectivity index (χ4n) is 2.02. The average Bonchev–Trinajstić information content (AvgIpc) is 2.88. The van der Waals surface area contributed by atoms with Crippen LogP contribution in [0.3, 0.4) is 0 Å². The summed E-state index contributed by atoms with van der Waals surface area (Å²) in [6.07, 6.45) is 0. The third-order valence-corrected chi connectivity index (χ3v) is 4.42. The molecule has 1 aromatic carbocycles. The molecule has 7 heteroatoms. The Labute approximate surface area is 128 Å². The normalized spacial score (nSPS) is 12.9. The average molecular weight is 362 g/mol. The van der Waals surface area contributed by atoms with Crippen LogP contribution in [0.15, 0.2) is 16.6 Å². The van der Waals surface area contributed by atoms with Crippen LogP contribution >= 0.6 is 27.5 Å². The second kappa shape index (κ2) is 6.24. The molecule has 2 aromatic rings. The Bertz CT molecular complexity index is 616. The van der Waals surface area contributed by atoms with Gasteiger partial charge in [-0.3, -0.25) is 0 Å². The van der Waals surface area contributed by atoms with Gasteiger partial charge in [-0.2, -0.15) is 0 Å².